The van der Waals surface area contributed by atoms with E-state index in [4.69, 9.17) is 4.42 Å². The van der Waals surface area contributed by atoms with Crippen LogP contribution >= 0.6 is 0 Å². The first-order chi connectivity index (χ1) is 28.6. The Morgan fingerprint density at radius 1 is 0.345 bits per heavy atom. The summed E-state index contributed by atoms with van der Waals surface area (Å²) in [7, 11) is 0. The summed E-state index contributed by atoms with van der Waals surface area (Å²) in [5, 5.41) is 2.20. The van der Waals surface area contributed by atoms with E-state index in [9.17, 15) is 0 Å². The van der Waals surface area contributed by atoms with Crippen LogP contribution in [0, 0.1) is 0 Å². The Balaban J connectivity index is 0.988. The molecule has 0 radical (unpaired) electrons. The lowest BCUT2D eigenvalue weighted by molar-refractivity contribution is 0.662. The van der Waals surface area contributed by atoms with Crippen molar-refractivity contribution in [3.05, 3.63) is 235 Å². The van der Waals surface area contributed by atoms with Crippen molar-refractivity contribution in [3.8, 4) is 44.5 Å². The maximum Gasteiger partial charge on any atom is 0.135 e. The zero-order valence-corrected chi connectivity index (χ0v) is 32.1. The molecule has 0 amide bonds. The molecule has 58 heavy (non-hydrogen) atoms. The van der Waals surface area contributed by atoms with Crippen LogP contribution in [0.2, 0.25) is 0 Å². The number of hydrogen-bond acceptors (Lipinski definition) is 2. The summed E-state index contributed by atoms with van der Waals surface area (Å²) in [6, 6.07) is 78.8. The molecule has 1 aliphatic carbocycles. The Labute approximate surface area is 338 Å². The highest BCUT2D eigenvalue weighted by Crippen LogP contribution is 2.53. The van der Waals surface area contributed by atoms with E-state index in [0.29, 0.717) is 0 Å². The number of fused-ring (bicyclic) bond motifs is 6. The van der Waals surface area contributed by atoms with Crippen LogP contribution in [-0.2, 0) is 5.41 Å². The van der Waals surface area contributed by atoms with Crippen molar-refractivity contribution in [2.24, 2.45) is 0 Å². The fraction of sp³-hybridized carbons (Fsp3) is 0.0357. The molecule has 0 fully saturated rings. The molecule has 0 N–H and O–H groups in total. The topological polar surface area (TPSA) is 16.4 Å². The maximum absolute atomic E-state index is 6.67. The molecule has 0 saturated heterocycles. The number of anilines is 3. The Hall–Kier alpha value is -7.42. The van der Waals surface area contributed by atoms with E-state index >= 15 is 0 Å². The minimum atomic E-state index is -0.287. The summed E-state index contributed by atoms with van der Waals surface area (Å²) in [5.41, 5.74) is 18.4. The van der Waals surface area contributed by atoms with Gasteiger partial charge in [-0.25, -0.2) is 0 Å². The van der Waals surface area contributed by atoms with Gasteiger partial charge in [0.15, 0.2) is 0 Å². The molecular formula is C56H39NO. The molecule has 1 aromatic heterocycles. The molecule has 11 rings (SSSR count). The van der Waals surface area contributed by atoms with Crippen LogP contribution in [0.1, 0.15) is 23.6 Å². The lowest BCUT2D eigenvalue weighted by Gasteiger charge is -2.28. The second-order valence-corrected chi connectivity index (χ2v) is 15.4. The van der Waals surface area contributed by atoms with Gasteiger partial charge in [-0.3, -0.25) is 0 Å². The van der Waals surface area contributed by atoms with Crippen LogP contribution in [0.5, 0.6) is 0 Å². The van der Waals surface area contributed by atoms with E-state index in [1.165, 1.54) is 61.2 Å². The van der Waals surface area contributed by atoms with Crippen molar-refractivity contribution < 1.29 is 4.42 Å². The summed E-state index contributed by atoms with van der Waals surface area (Å²) in [4.78, 5) is 2.34. The summed E-state index contributed by atoms with van der Waals surface area (Å²) in [6.45, 7) is 2.35. The van der Waals surface area contributed by atoms with E-state index in [1.807, 2.05) is 0 Å². The molecule has 0 spiro atoms. The molecule has 0 bridgehead atoms. The Kier molecular flexibility index (Phi) is 7.97. The zero-order valence-electron chi connectivity index (χ0n) is 32.1. The van der Waals surface area contributed by atoms with E-state index < -0.39 is 0 Å². The van der Waals surface area contributed by atoms with E-state index in [1.54, 1.807) is 0 Å². The van der Waals surface area contributed by atoms with Gasteiger partial charge in [-0.2, -0.15) is 0 Å². The van der Waals surface area contributed by atoms with Crippen molar-refractivity contribution in [2.75, 3.05) is 4.90 Å². The molecule has 1 aliphatic rings. The van der Waals surface area contributed by atoms with Crippen molar-refractivity contribution in [1.82, 2.24) is 0 Å². The Bertz CT molecular complexity index is 3040. The van der Waals surface area contributed by atoms with E-state index in [0.717, 1.165) is 39.0 Å². The number of benzene rings is 9. The Morgan fingerprint density at radius 3 is 1.29 bits per heavy atom. The van der Waals surface area contributed by atoms with Crippen LogP contribution in [0.3, 0.4) is 0 Å². The lowest BCUT2D eigenvalue weighted by atomic mass is 9.74. The molecule has 10 aromatic rings. The third kappa shape index (κ3) is 5.56. The van der Waals surface area contributed by atoms with E-state index in [-0.39, 0.29) is 5.41 Å². The number of hydrogen-bond donors (Lipinski definition) is 0. The fourth-order valence-corrected chi connectivity index (χ4v) is 9.15. The molecule has 0 saturated carbocycles. The van der Waals surface area contributed by atoms with Crippen LogP contribution in [0.25, 0.3) is 66.4 Å². The van der Waals surface area contributed by atoms with Crippen molar-refractivity contribution in [3.63, 3.8) is 0 Å². The standard InChI is InChI=1S/C56H39NO/c1-56(52-18-10-8-16-48(52)49-17-9-11-19-53(49)56)44-28-34-50-51-37-47(33-35-54(51)58-55(50)36-44)57(45-29-24-42(25-30-45)39-14-6-3-7-15-39)46-31-26-43(27-32-46)41-22-20-40(21-23-41)38-12-4-2-5-13-38/h2-37H,1H3. The molecule has 9 aromatic carbocycles. The van der Waals surface area contributed by atoms with Gasteiger partial charge in [0, 0.05) is 33.2 Å². The van der Waals surface area contributed by atoms with Crippen molar-refractivity contribution in [1.29, 1.82) is 0 Å². The molecule has 274 valence electrons. The SMILES string of the molecule is CC1(c2ccc3c(c2)oc2ccc(N(c4ccc(-c5ccccc5)cc4)c4ccc(-c5ccc(-c6ccccc6)cc5)cc4)cc23)c2ccccc2-c2ccccc21. The van der Waals surface area contributed by atoms with Gasteiger partial charge in [-0.15, -0.1) is 0 Å². The van der Waals surface area contributed by atoms with Crippen LogP contribution < -0.4 is 4.90 Å². The number of furan rings is 1. The minimum Gasteiger partial charge on any atom is -0.456 e. The largest absolute Gasteiger partial charge is 0.456 e. The summed E-state index contributed by atoms with van der Waals surface area (Å²) >= 11 is 0. The molecule has 0 atom stereocenters. The molecule has 0 aliphatic heterocycles. The highest BCUT2D eigenvalue weighted by molar-refractivity contribution is 6.07. The quantitative estimate of drug-likeness (QED) is 0.162. The minimum absolute atomic E-state index is 0.287. The van der Waals surface area contributed by atoms with Gasteiger partial charge < -0.3 is 9.32 Å². The molecule has 1 heterocycles. The molecule has 2 nitrogen and oxygen atoms in total. The normalized spacial score (nSPS) is 12.7. The molecule has 0 unspecified atom stereocenters. The van der Waals surface area contributed by atoms with Gasteiger partial charge in [0.05, 0.1) is 0 Å². The predicted molar refractivity (Wildman–Crippen MR) is 242 cm³/mol. The number of rotatable bonds is 7. The maximum atomic E-state index is 6.67. The average molecular weight is 742 g/mol. The van der Waals surface area contributed by atoms with Gasteiger partial charge >= 0.3 is 0 Å². The van der Waals surface area contributed by atoms with Gasteiger partial charge in [-0.1, -0.05) is 170 Å². The smallest absolute Gasteiger partial charge is 0.135 e. The van der Waals surface area contributed by atoms with Gasteiger partial charge in [0.1, 0.15) is 11.2 Å². The predicted octanol–water partition coefficient (Wildman–Crippen LogP) is 15.4. The van der Waals surface area contributed by atoms with Gasteiger partial charge in [-0.05, 0) is 117 Å². The second-order valence-electron chi connectivity index (χ2n) is 15.4. The second kappa shape index (κ2) is 13.7. The molecule has 2 heteroatoms. The summed E-state index contributed by atoms with van der Waals surface area (Å²) < 4.78 is 6.67. The Morgan fingerprint density at radius 2 is 0.776 bits per heavy atom. The van der Waals surface area contributed by atoms with Gasteiger partial charge in [0.2, 0.25) is 0 Å². The monoisotopic (exact) mass is 741 g/mol. The fourth-order valence-electron chi connectivity index (χ4n) is 9.15. The van der Waals surface area contributed by atoms with Crippen LogP contribution in [0.4, 0.5) is 17.1 Å². The first-order valence-corrected chi connectivity index (χ1v) is 20.0. The summed E-state index contributed by atoms with van der Waals surface area (Å²) in [5.74, 6) is 0. The third-order valence-corrected chi connectivity index (χ3v) is 12.2. The highest BCUT2D eigenvalue weighted by Gasteiger charge is 2.40. The number of nitrogens with zero attached hydrogens (tertiary/aromatic N) is 1. The van der Waals surface area contributed by atoms with Crippen molar-refractivity contribution in [2.45, 2.75) is 12.3 Å². The first kappa shape index (κ1) is 33.9. The van der Waals surface area contributed by atoms with Crippen LogP contribution in [0.15, 0.2) is 223 Å². The lowest BCUT2D eigenvalue weighted by Crippen LogP contribution is -2.22. The third-order valence-electron chi connectivity index (χ3n) is 12.2. The average Bonchev–Trinajstić information content (AvgIpc) is 3.80. The van der Waals surface area contributed by atoms with Crippen molar-refractivity contribution >= 4 is 39.0 Å². The van der Waals surface area contributed by atoms with Crippen LogP contribution in [-0.4, -0.2) is 0 Å². The summed E-state index contributed by atoms with van der Waals surface area (Å²) in [6.07, 6.45) is 0. The van der Waals surface area contributed by atoms with E-state index in [2.05, 4.69) is 230 Å². The zero-order chi connectivity index (χ0) is 38.6. The molecular weight excluding hydrogens is 703 g/mol. The van der Waals surface area contributed by atoms with Gasteiger partial charge in [0.25, 0.3) is 0 Å². The first-order valence-electron chi connectivity index (χ1n) is 20.0. The highest BCUT2D eigenvalue weighted by atomic mass is 16.3.